The number of carbonyl (C=O) groups excluding carboxylic acids is 2. The number of hydrogen-bond donors (Lipinski definition) is 1. The van der Waals surface area contributed by atoms with Crippen molar-refractivity contribution in [3.8, 4) is 11.1 Å². The predicted molar refractivity (Wildman–Crippen MR) is 116 cm³/mol. The van der Waals surface area contributed by atoms with Gasteiger partial charge in [0.25, 0.3) is 5.91 Å². The lowest BCUT2D eigenvalue weighted by molar-refractivity contribution is -0.123. The first kappa shape index (κ1) is 22.1. The number of nitrogens with one attached hydrogen (secondary N) is 1. The molecule has 0 aliphatic rings. The Balaban J connectivity index is 1.64. The van der Waals surface area contributed by atoms with Crippen molar-refractivity contribution in [1.29, 1.82) is 0 Å². The second-order valence-corrected chi connectivity index (χ2v) is 8.19. The number of esters is 1. The molecular formula is C24H24FN3O3. The minimum absolute atomic E-state index is 0.00147. The quantitative estimate of drug-likeness (QED) is 0.601. The van der Waals surface area contributed by atoms with Crippen molar-refractivity contribution < 1.29 is 18.7 Å². The van der Waals surface area contributed by atoms with Crippen molar-refractivity contribution in [3.63, 3.8) is 0 Å². The van der Waals surface area contributed by atoms with Gasteiger partial charge in [-0.25, -0.2) is 19.2 Å². The standard InChI is InChI=1S/C24H24FN3O3/c1-15(22(29)28-19-8-6-18(7-9-19)24(2,3)4)31-23(30)20-10-5-16(11-21(20)25)17-12-26-14-27-13-17/h5-15H,1-4H3,(H,28,29). The Bertz CT molecular complexity index is 1080. The summed E-state index contributed by atoms with van der Waals surface area (Å²) in [5.74, 6) is -2.17. The van der Waals surface area contributed by atoms with Crippen LogP contribution in [0.15, 0.2) is 61.2 Å². The second-order valence-electron chi connectivity index (χ2n) is 8.19. The van der Waals surface area contributed by atoms with Gasteiger partial charge in [0.05, 0.1) is 5.56 Å². The molecule has 3 aromatic rings. The fraction of sp³-hybridized carbons (Fsp3) is 0.250. The average molecular weight is 421 g/mol. The molecule has 1 N–H and O–H groups in total. The summed E-state index contributed by atoms with van der Waals surface area (Å²) < 4.78 is 19.6. The number of aromatic nitrogens is 2. The Kier molecular flexibility index (Phi) is 6.44. The van der Waals surface area contributed by atoms with Crippen molar-refractivity contribution in [1.82, 2.24) is 9.97 Å². The lowest BCUT2D eigenvalue weighted by atomic mass is 9.87. The molecule has 1 unspecified atom stereocenters. The highest BCUT2D eigenvalue weighted by atomic mass is 19.1. The molecule has 6 nitrogen and oxygen atoms in total. The molecule has 160 valence electrons. The van der Waals surface area contributed by atoms with Gasteiger partial charge >= 0.3 is 5.97 Å². The first-order valence-corrected chi connectivity index (χ1v) is 9.82. The maximum absolute atomic E-state index is 14.5. The van der Waals surface area contributed by atoms with E-state index in [1.165, 1.54) is 25.4 Å². The third-order valence-corrected chi connectivity index (χ3v) is 4.75. The molecule has 31 heavy (non-hydrogen) atoms. The molecule has 3 rings (SSSR count). The van der Waals surface area contributed by atoms with Gasteiger partial charge in [-0.05, 0) is 47.7 Å². The molecule has 1 atom stereocenters. The van der Waals surface area contributed by atoms with Gasteiger partial charge in [-0.15, -0.1) is 0 Å². The summed E-state index contributed by atoms with van der Waals surface area (Å²) in [5.41, 5.74) is 2.60. The molecule has 1 aromatic heterocycles. The second kappa shape index (κ2) is 9.04. The number of hydrogen-bond acceptors (Lipinski definition) is 5. The highest BCUT2D eigenvalue weighted by molar-refractivity contribution is 5.97. The van der Waals surface area contributed by atoms with Crippen LogP contribution in [0.4, 0.5) is 10.1 Å². The minimum atomic E-state index is -1.10. The zero-order valence-corrected chi connectivity index (χ0v) is 17.8. The van der Waals surface area contributed by atoms with Crippen LogP contribution in [0, 0.1) is 5.82 Å². The van der Waals surface area contributed by atoms with E-state index in [-0.39, 0.29) is 11.0 Å². The van der Waals surface area contributed by atoms with Crippen molar-refractivity contribution in [2.45, 2.75) is 39.2 Å². The molecule has 0 saturated carbocycles. The number of ether oxygens (including phenoxy) is 1. The van der Waals surface area contributed by atoms with E-state index in [2.05, 4.69) is 36.1 Å². The fourth-order valence-corrected chi connectivity index (χ4v) is 2.88. The van der Waals surface area contributed by atoms with E-state index in [9.17, 15) is 14.0 Å². The number of carbonyl (C=O) groups is 2. The SMILES string of the molecule is CC(OC(=O)c1ccc(-c2cncnc2)cc1F)C(=O)Nc1ccc(C(C)(C)C)cc1. The molecule has 0 aliphatic heterocycles. The topological polar surface area (TPSA) is 81.2 Å². The van der Waals surface area contributed by atoms with Crippen molar-refractivity contribution >= 4 is 17.6 Å². The Morgan fingerprint density at radius 1 is 1.00 bits per heavy atom. The number of anilines is 1. The van der Waals surface area contributed by atoms with Gasteiger partial charge in [0, 0.05) is 23.6 Å². The number of nitrogens with zero attached hydrogens (tertiary/aromatic N) is 2. The average Bonchev–Trinajstić information content (AvgIpc) is 2.73. The number of benzene rings is 2. The lowest BCUT2D eigenvalue weighted by Gasteiger charge is -2.19. The minimum Gasteiger partial charge on any atom is -0.449 e. The van der Waals surface area contributed by atoms with E-state index < -0.39 is 23.8 Å². The molecular weight excluding hydrogens is 397 g/mol. The first-order chi connectivity index (χ1) is 14.6. The van der Waals surface area contributed by atoms with Gasteiger partial charge in [0.15, 0.2) is 6.10 Å². The third kappa shape index (κ3) is 5.51. The smallest absolute Gasteiger partial charge is 0.341 e. The van der Waals surface area contributed by atoms with Gasteiger partial charge in [-0.3, -0.25) is 4.79 Å². The maximum Gasteiger partial charge on any atom is 0.341 e. The molecule has 0 spiro atoms. The molecule has 1 amide bonds. The summed E-state index contributed by atoms with van der Waals surface area (Å²) in [5, 5.41) is 2.70. The number of halogens is 1. The van der Waals surface area contributed by atoms with Crippen LogP contribution in [0.5, 0.6) is 0 Å². The molecule has 7 heteroatoms. The highest BCUT2D eigenvalue weighted by Crippen LogP contribution is 2.24. The van der Waals surface area contributed by atoms with Gasteiger partial charge in [0.2, 0.25) is 0 Å². The summed E-state index contributed by atoms with van der Waals surface area (Å²) in [4.78, 5) is 32.5. The van der Waals surface area contributed by atoms with E-state index in [1.54, 1.807) is 30.6 Å². The zero-order chi connectivity index (χ0) is 22.6. The lowest BCUT2D eigenvalue weighted by Crippen LogP contribution is -2.30. The summed E-state index contributed by atoms with van der Waals surface area (Å²) in [6.07, 6.45) is 3.36. The van der Waals surface area contributed by atoms with Crippen LogP contribution in [0.25, 0.3) is 11.1 Å². The normalized spacial score (nSPS) is 12.2. The Labute approximate surface area is 180 Å². The van der Waals surface area contributed by atoms with Crippen LogP contribution in [0.2, 0.25) is 0 Å². The summed E-state index contributed by atoms with van der Waals surface area (Å²) in [6.45, 7) is 7.73. The fourth-order valence-electron chi connectivity index (χ4n) is 2.88. The van der Waals surface area contributed by atoms with Gasteiger partial charge in [0.1, 0.15) is 12.1 Å². The van der Waals surface area contributed by atoms with Crippen molar-refractivity contribution in [2.24, 2.45) is 0 Å². The largest absolute Gasteiger partial charge is 0.449 e. The van der Waals surface area contributed by atoms with Crippen LogP contribution in [0.3, 0.4) is 0 Å². The van der Waals surface area contributed by atoms with E-state index in [0.717, 1.165) is 5.56 Å². The summed E-state index contributed by atoms with van der Waals surface area (Å²) >= 11 is 0. The van der Waals surface area contributed by atoms with E-state index in [1.807, 2.05) is 12.1 Å². The Morgan fingerprint density at radius 3 is 2.23 bits per heavy atom. The molecule has 0 saturated heterocycles. The summed E-state index contributed by atoms with van der Waals surface area (Å²) in [7, 11) is 0. The molecule has 0 bridgehead atoms. The van der Waals surface area contributed by atoms with Gasteiger partial charge in [-0.2, -0.15) is 0 Å². The molecule has 0 radical (unpaired) electrons. The maximum atomic E-state index is 14.5. The molecule has 0 aliphatic carbocycles. The van der Waals surface area contributed by atoms with Crippen LogP contribution in [-0.2, 0) is 14.9 Å². The van der Waals surface area contributed by atoms with E-state index in [4.69, 9.17) is 4.74 Å². The van der Waals surface area contributed by atoms with Crippen LogP contribution in [0.1, 0.15) is 43.6 Å². The number of amides is 1. The monoisotopic (exact) mass is 421 g/mol. The van der Waals surface area contributed by atoms with Crippen molar-refractivity contribution in [2.75, 3.05) is 5.32 Å². The molecule has 0 fully saturated rings. The first-order valence-electron chi connectivity index (χ1n) is 9.82. The molecule has 2 aromatic carbocycles. The van der Waals surface area contributed by atoms with Crippen molar-refractivity contribution in [3.05, 3.63) is 78.1 Å². The van der Waals surface area contributed by atoms with Gasteiger partial charge < -0.3 is 10.1 Å². The summed E-state index contributed by atoms with van der Waals surface area (Å²) in [6, 6.07) is 11.5. The van der Waals surface area contributed by atoms with Crippen LogP contribution in [-0.4, -0.2) is 27.9 Å². The Morgan fingerprint density at radius 2 is 1.65 bits per heavy atom. The highest BCUT2D eigenvalue weighted by Gasteiger charge is 2.22. The van der Waals surface area contributed by atoms with Gasteiger partial charge in [-0.1, -0.05) is 39.0 Å². The third-order valence-electron chi connectivity index (χ3n) is 4.75. The molecule has 1 heterocycles. The van der Waals surface area contributed by atoms with Crippen LogP contribution < -0.4 is 5.32 Å². The van der Waals surface area contributed by atoms with E-state index in [0.29, 0.717) is 16.8 Å². The number of rotatable bonds is 5. The zero-order valence-electron chi connectivity index (χ0n) is 17.8. The van der Waals surface area contributed by atoms with E-state index >= 15 is 0 Å². The van der Waals surface area contributed by atoms with Crippen LogP contribution >= 0.6 is 0 Å². The Hall–Kier alpha value is -3.61. The predicted octanol–water partition coefficient (Wildman–Crippen LogP) is 4.76.